The molecule has 96 valence electrons. The van der Waals surface area contributed by atoms with E-state index in [4.69, 9.17) is 15.0 Å². The zero-order valence-corrected chi connectivity index (χ0v) is 10.1. The molecule has 0 aromatic carbocycles. The van der Waals surface area contributed by atoms with Crippen LogP contribution in [0.1, 0.15) is 12.8 Å². The van der Waals surface area contributed by atoms with Gasteiger partial charge < -0.3 is 15.0 Å². The highest BCUT2D eigenvalue weighted by Gasteiger charge is 2.15. The monoisotopic (exact) mass is 249 g/mol. The molecule has 0 saturated carbocycles. The molecule has 0 saturated heterocycles. The van der Waals surface area contributed by atoms with Crippen LogP contribution in [0.3, 0.4) is 0 Å². The van der Waals surface area contributed by atoms with Crippen molar-refractivity contribution in [2.75, 3.05) is 13.2 Å². The molecule has 0 fully saturated rings. The lowest BCUT2D eigenvalue weighted by Crippen LogP contribution is -2.26. The van der Waals surface area contributed by atoms with Gasteiger partial charge in [0.2, 0.25) is 17.5 Å². The molecule has 2 rings (SSSR count). The van der Waals surface area contributed by atoms with Gasteiger partial charge in [0.25, 0.3) is 0 Å². The molecule has 7 heteroatoms. The van der Waals surface area contributed by atoms with Crippen LogP contribution >= 0.6 is 0 Å². The van der Waals surface area contributed by atoms with E-state index in [1.54, 1.807) is 18.5 Å². The molecule has 1 atom stereocenters. The van der Waals surface area contributed by atoms with E-state index in [2.05, 4.69) is 20.1 Å². The Labute approximate surface area is 104 Å². The molecular weight excluding hydrogens is 234 g/mol. The molecule has 0 spiro atoms. The summed E-state index contributed by atoms with van der Waals surface area (Å²) in [6.07, 6.45) is 3.63. The highest BCUT2D eigenvalue weighted by atomic mass is 16.5. The van der Waals surface area contributed by atoms with E-state index >= 15 is 0 Å². The molecule has 0 amide bonds. The SMILES string of the molecule is CCOC(CN)Cc1nc(-c2ncccn2)no1. The third-order valence-corrected chi connectivity index (χ3v) is 2.30. The smallest absolute Gasteiger partial charge is 0.240 e. The zero-order valence-electron chi connectivity index (χ0n) is 10.1. The Morgan fingerprint density at radius 1 is 1.33 bits per heavy atom. The van der Waals surface area contributed by atoms with E-state index in [1.165, 1.54) is 0 Å². The first-order valence-corrected chi connectivity index (χ1v) is 5.75. The first kappa shape index (κ1) is 12.6. The predicted octanol–water partition coefficient (Wildman–Crippen LogP) is 0.433. The van der Waals surface area contributed by atoms with Crippen molar-refractivity contribution in [2.24, 2.45) is 5.73 Å². The number of rotatable bonds is 6. The maximum absolute atomic E-state index is 5.59. The average Bonchev–Trinajstić information content (AvgIpc) is 2.88. The summed E-state index contributed by atoms with van der Waals surface area (Å²) in [5, 5.41) is 3.83. The summed E-state index contributed by atoms with van der Waals surface area (Å²) in [6.45, 7) is 2.93. The molecule has 0 aliphatic rings. The fourth-order valence-corrected chi connectivity index (χ4v) is 1.48. The lowest BCUT2D eigenvalue weighted by molar-refractivity contribution is 0.0636. The van der Waals surface area contributed by atoms with Crippen LogP contribution in [0, 0.1) is 0 Å². The van der Waals surface area contributed by atoms with Crippen LogP contribution in [0.15, 0.2) is 23.0 Å². The third kappa shape index (κ3) is 3.08. The number of nitrogens with two attached hydrogens (primary N) is 1. The van der Waals surface area contributed by atoms with Crippen molar-refractivity contribution in [1.82, 2.24) is 20.1 Å². The Morgan fingerprint density at radius 3 is 2.78 bits per heavy atom. The van der Waals surface area contributed by atoms with Gasteiger partial charge in [-0.2, -0.15) is 4.98 Å². The maximum atomic E-state index is 5.59. The second-order valence-corrected chi connectivity index (χ2v) is 3.60. The van der Waals surface area contributed by atoms with Crippen LogP contribution in [0.25, 0.3) is 11.6 Å². The first-order chi connectivity index (χ1) is 8.83. The van der Waals surface area contributed by atoms with Crippen molar-refractivity contribution in [3.63, 3.8) is 0 Å². The molecule has 0 aliphatic carbocycles. The topological polar surface area (TPSA) is 100.0 Å². The second kappa shape index (κ2) is 6.18. The Bertz CT molecular complexity index is 473. The van der Waals surface area contributed by atoms with Crippen LogP contribution in [0.4, 0.5) is 0 Å². The van der Waals surface area contributed by atoms with Crippen molar-refractivity contribution < 1.29 is 9.26 Å². The zero-order chi connectivity index (χ0) is 12.8. The van der Waals surface area contributed by atoms with E-state index in [1.807, 2.05) is 6.92 Å². The van der Waals surface area contributed by atoms with Crippen molar-refractivity contribution >= 4 is 0 Å². The van der Waals surface area contributed by atoms with E-state index in [-0.39, 0.29) is 6.10 Å². The molecule has 2 heterocycles. The first-order valence-electron chi connectivity index (χ1n) is 5.75. The number of hydrogen-bond acceptors (Lipinski definition) is 7. The van der Waals surface area contributed by atoms with E-state index in [9.17, 15) is 0 Å². The summed E-state index contributed by atoms with van der Waals surface area (Å²) >= 11 is 0. The minimum atomic E-state index is -0.111. The molecule has 1 unspecified atom stereocenters. The molecule has 2 aromatic rings. The fraction of sp³-hybridized carbons (Fsp3) is 0.455. The van der Waals surface area contributed by atoms with E-state index < -0.39 is 0 Å². The van der Waals surface area contributed by atoms with Crippen molar-refractivity contribution in [1.29, 1.82) is 0 Å². The third-order valence-electron chi connectivity index (χ3n) is 2.30. The van der Waals surface area contributed by atoms with Crippen molar-refractivity contribution in [3.05, 3.63) is 24.4 Å². The highest BCUT2D eigenvalue weighted by molar-refractivity contribution is 5.40. The van der Waals surface area contributed by atoms with Gasteiger partial charge >= 0.3 is 0 Å². The van der Waals surface area contributed by atoms with Gasteiger partial charge in [-0.15, -0.1) is 0 Å². The molecule has 18 heavy (non-hydrogen) atoms. The molecule has 0 aliphatic heterocycles. The lowest BCUT2D eigenvalue weighted by Gasteiger charge is -2.11. The van der Waals surface area contributed by atoms with Crippen LogP contribution < -0.4 is 5.73 Å². The number of ether oxygens (including phenoxy) is 1. The molecular formula is C11H15N5O2. The van der Waals surface area contributed by atoms with Gasteiger partial charge in [-0.25, -0.2) is 9.97 Å². The molecule has 0 radical (unpaired) electrons. The minimum Gasteiger partial charge on any atom is -0.377 e. The number of aromatic nitrogens is 4. The van der Waals surface area contributed by atoms with Gasteiger partial charge in [0, 0.05) is 25.5 Å². The van der Waals surface area contributed by atoms with E-state index in [0.29, 0.717) is 37.1 Å². The number of nitrogens with zero attached hydrogens (tertiary/aromatic N) is 4. The van der Waals surface area contributed by atoms with Crippen molar-refractivity contribution in [3.8, 4) is 11.6 Å². The minimum absolute atomic E-state index is 0.111. The average molecular weight is 249 g/mol. The van der Waals surface area contributed by atoms with Crippen LogP contribution in [-0.2, 0) is 11.2 Å². The van der Waals surface area contributed by atoms with Crippen LogP contribution in [0.2, 0.25) is 0 Å². The molecule has 0 bridgehead atoms. The summed E-state index contributed by atoms with van der Waals surface area (Å²) in [5.74, 6) is 1.28. The standard InChI is InChI=1S/C11H15N5O2/c1-2-17-8(7-12)6-9-15-11(16-18-9)10-13-4-3-5-14-10/h3-5,8H,2,6-7,12H2,1H3. The van der Waals surface area contributed by atoms with Crippen LogP contribution in [0.5, 0.6) is 0 Å². The van der Waals surface area contributed by atoms with Gasteiger partial charge in [0.1, 0.15) is 0 Å². The Balaban J connectivity index is 2.06. The Kier molecular flexibility index (Phi) is 4.32. The fourth-order valence-electron chi connectivity index (χ4n) is 1.48. The lowest BCUT2D eigenvalue weighted by atomic mass is 10.2. The van der Waals surface area contributed by atoms with Gasteiger partial charge in [-0.05, 0) is 13.0 Å². The van der Waals surface area contributed by atoms with Gasteiger partial charge in [0.05, 0.1) is 12.5 Å². The van der Waals surface area contributed by atoms with Gasteiger partial charge in [0.15, 0.2) is 0 Å². The molecule has 7 nitrogen and oxygen atoms in total. The normalized spacial score (nSPS) is 12.6. The maximum Gasteiger partial charge on any atom is 0.240 e. The van der Waals surface area contributed by atoms with Gasteiger partial charge in [-0.1, -0.05) is 5.16 Å². The molecule has 2 aromatic heterocycles. The predicted molar refractivity (Wildman–Crippen MR) is 63.5 cm³/mol. The van der Waals surface area contributed by atoms with Crippen LogP contribution in [-0.4, -0.2) is 39.4 Å². The molecule has 2 N–H and O–H groups in total. The quantitative estimate of drug-likeness (QED) is 0.792. The van der Waals surface area contributed by atoms with E-state index in [0.717, 1.165) is 0 Å². The summed E-state index contributed by atoms with van der Waals surface area (Å²) in [5.41, 5.74) is 5.59. The Morgan fingerprint density at radius 2 is 2.11 bits per heavy atom. The number of hydrogen-bond donors (Lipinski definition) is 1. The largest absolute Gasteiger partial charge is 0.377 e. The summed E-state index contributed by atoms with van der Waals surface area (Å²) in [6, 6.07) is 1.73. The summed E-state index contributed by atoms with van der Waals surface area (Å²) < 4.78 is 10.5. The Hall–Kier alpha value is -1.86. The summed E-state index contributed by atoms with van der Waals surface area (Å²) in [7, 11) is 0. The van der Waals surface area contributed by atoms with Gasteiger partial charge in [-0.3, -0.25) is 0 Å². The highest BCUT2D eigenvalue weighted by Crippen LogP contribution is 2.11. The second-order valence-electron chi connectivity index (χ2n) is 3.60. The van der Waals surface area contributed by atoms with Crippen molar-refractivity contribution in [2.45, 2.75) is 19.4 Å². The summed E-state index contributed by atoms with van der Waals surface area (Å²) in [4.78, 5) is 12.3.